The summed E-state index contributed by atoms with van der Waals surface area (Å²) in [4.78, 5) is 30.5. The minimum absolute atomic E-state index is 0.00364. The third-order valence-corrected chi connectivity index (χ3v) is 6.65. The molecule has 1 saturated carbocycles. The Morgan fingerprint density at radius 2 is 1.71 bits per heavy atom. The van der Waals surface area contributed by atoms with Crippen molar-refractivity contribution in [3.63, 3.8) is 0 Å². The van der Waals surface area contributed by atoms with Crippen LogP contribution in [0.5, 0.6) is 0 Å². The van der Waals surface area contributed by atoms with E-state index in [4.69, 9.17) is 0 Å². The van der Waals surface area contributed by atoms with Gasteiger partial charge in [0, 0.05) is 43.1 Å². The summed E-state index contributed by atoms with van der Waals surface area (Å²) in [5, 5.41) is 6.54. The standard InChI is InChI=1S/C24H24N4O2S/c29-22(11-10-20-7-4-16-31-20)26-12-14-27(15-13-26)24(30)21-17-25-28(23(21)18-8-9-18)19-5-2-1-3-6-19/h1-7,10-11,16-18H,8-9,12-15H2. The van der Waals surface area contributed by atoms with Crippen LogP contribution in [0.3, 0.4) is 0 Å². The second-order valence-corrected chi connectivity index (χ2v) is 8.91. The fourth-order valence-corrected chi connectivity index (χ4v) is 4.61. The molecule has 0 atom stereocenters. The van der Waals surface area contributed by atoms with Crippen LogP contribution in [-0.4, -0.2) is 57.6 Å². The molecule has 1 aliphatic carbocycles. The van der Waals surface area contributed by atoms with Crippen LogP contribution in [0.25, 0.3) is 11.8 Å². The van der Waals surface area contributed by atoms with Crippen LogP contribution in [-0.2, 0) is 4.79 Å². The molecule has 6 nitrogen and oxygen atoms in total. The Labute approximate surface area is 185 Å². The molecule has 158 valence electrons. The molecule has 0 unspecified atom stereocenters. The highest BCUT2D eigenvalue weighted by atomic mass is 32.1. The SMILES string of the molecule is O=C(C=Cc1cccs1)N1CCN(C(=O)c2cnn(-c3ccccc3)c2C2CC2)CC1. The lowest BCUT2D eigenvalue weighted by atomic mass is 10.1. The fraction of sp³-hybridized carbons (Fsp3) is 0.292. The summed E-state index contributed by atoms with van der Waals surface area (Å²) in [5.41, 5.74) is 2.70. The highest BCUT2D eigenvalue weighted by molar-refractivity contribution is 7.10. The van der Waals surface area contributed by atoms with E-state index in [0.717, 1.165) is 29.1 Å². The first kappa shape index (κ1) is 19.8. The van der Waals surface area contributed by atoms with E-state index in [9.17, 15) is 9.59 Å². The van der Waals surface area contributed by atoms with Gasteiger partial charge < -0.3 is 9.80 Å². The van der Waals surface area contributed by atoms with Gasteiger partial charge in [0.05, 0.1) is 23.1 Å². The third-order valence-electron chi connectivity index (χ3n) is 5.81. The molecule has 0 spiro atoms. The molecule has 2 fully saturated rings. The summed E-state index contributed by atoms with van der Waals surface area (Å²) in [6.07, 6.45) is 7.38. The van der Waals surface area contributed by atoms with Crippen LogP contribution in [0, 0.1) is 0 Å². The third kappa shape index (κ3) is 4.18. The Hall–Kier alpha value is -3.19. The van der Waals surface area contributed by atoms with Crippen LogP contribution in [0.15, 0.2) is 60.1 Å². The number of carbonyl (C=O) groups excluding carboxylic acids is 2. The van der Waals surface area contributed by atoms with E-state index in [2.05, 4.69) is 5.10 Å². The molecule has 1 aliphatic heterocycles. The molecule has 0 N–H and O–H groups in total. The lowest BCUT2D eigenvalue weighted by molar-refractivity contribution is -0.127. The van der Waals surface area contributed by atoms with Gasteiger partial charge in [-0.1, -0.05) is 24.3 Å². The Kier molecular flexibility index (Phi) is 5.42. The number of para-hydroxylation sites is 1. The predicted octanol–water partition coefficient (Wildman–Crippen LogP) is 3.81. The van der Waals surface area contributed by atoms with Crippen molar-refractivity contribution in [2.45, 2.75) is 18.8 Å². The topological polar surface area (TPSA) is 58.4 Å². The zero-order chi connectivity index (χ0) is 21.2. The molecule has 31 heavy (non-hydrogen) atoms. The zero-order valence-electron chi connectivity index (χ0n) is 17.2. The van der Waals surface area contributed by atoms with Gasteiger partial charge >= 0.3 is 0 Å². The molecule has 1 aromatic carbocycles. The van der Waals surface area contributed by atoms with E-state index in [0.29, 0.717) is 37.7 Å². The van der Waals surface area contributed by atoms with Crippen LogP contribution in [0.4, 0.5) is 0 Å². The summed E-state index contributed by atoms with van der Waals surface area (Å²) in [7, 11) is 0. The minimum Gasteiger partial charge on any atom is -0.336 e. The average Bonchev–Trinajstić information content (AvgIpc) is 3.34. The van der Waals surface area contributed by atoms with Gasteiger partial charge in [-0.15, -0.1) is 11.3 Å². The molecule has 0 bridgehead atoms. The van der Waals surface area contributed by atoms with Crippen LogP contribution >= 0.6 is 11.3 Å². The minimum atomic E-state index is -0.00364. The first-order chi connectivity index (χ1) is 15.2. The normalized spacial score (nSPS) is 16.8. The average molecular weight is 433 g/mol. The van der Waals surface area contributed by atoms with E-state index in [1.807, 2.05) is 68.4 Å². The van der Waals surface area contributed by atoms with Gasteiger partial charge in [0.15, 0.2) is 0 Å². The predicted molar refractivity (Wildman–Crippen MR) is 121 cm³/mol. The summed E-state index contributed by atoms with van der Waals surface area (Å²) in [5.74, 6) is 0.410. The molecule has 2 amide bonds. The molecular formula is C24H24N4O2S. The van der Waals surface area contributed by atoms with E-state index < -0.39 is 0 Å². The van der Waals surface area contributed by atoms with Gasteiger partial charge in [0.2, 0.25) is 5.91 Å². The molecule has 3 heterocycles. The molecule has 2 aliphatic rings. The molecular weight excluding hydrogens is 408 g/mol. The Morgan fingerprint density at radius 3 is 2.39 bits per heavy atom. The lowest BCUT2D eigenvalue weighted by Gasteiger charge is -2.34. The smallest absolute Gasteiger partial charge is 0.257 e. The summed E-state index contributed by atoms with van der Waals surface area (Å²) in [6, 6.07) is 13.9. The number of hydrogen-bond donors (Lipinski definition) is 0. The summed E-state index contributed by atoms with van der Waals surface area (Å²) < 4.78 is 1.92. The number of benzene rings is 1. The van der Waals surface area contributed by atoms with Gasteiger partial charge in [0.1, 0.15) is 0 Å². The van der Waals surface area contributed by atoms with Crippen molar-refractivity contribution in [3.8, 4) is 5.69 Å². The number of thiophene rings is 1. The van der Waals surface area contributed by atoms with Gasteiger partial charge in [-0.25, -0.2) is 4.68 Å². The number of hydrogen-bond acceptors (Lipinski definition) is 4. The van der Waals surface area contributed by atoms with Crippen molar-refractivity contribution in [3.05, 3.63) is 76.3 Å². The molecule has 2 aromatic heterocycles. The molecule has 7 heteroatoms. The highest BCUT2D eigenvalue weighted by Crippen LogP contribution is 2.42. The molecule has 1 saturated heterocycles. The molecule has 5 rings (SSSR count). The maximum absolute atomic E-state index is 13.3. The fourth-order valence-electron chi connectivity index (χ4n) is 3.99. The quantitative estimate of drug-likeness (QED) is 0.576. The number of amides is 2. The van der Waals surface area contributed by atoms with Crippen molar-refractivity contribution >= 4 is 29.2 Å². The number of aromatic nitrogens is 2. The summed E-state index contributed by atoms with van der Waals surface area (Å²) in [6.45, 7) is 2.17. The summed E-state index contributed by atoms with van der Waals surface area (Å²) >= 11 is 1.60. The first-order valence-corrected chi connectivity index (χ1v) is 11.5. The van der Waals surface area contributed by atoms with Crippen molar-refractivity contribution in [2.75, 3.05) is 26.2 Å². The first-order valence-electron chi connectivity index (χ1n) is 10.6. The second-order valence-electron chi connectivity index (χ2n) is 7.93. The molecule has 3 aromatic rings. The van der Waals surface area contributed by atoms with Crippen LogP contribution < -0.4 is 0 Å². The van der Waals surface area contributed by atoms with E-state index in [1.54, 1.807) is 23.6 Å². The van der Waals surface area contributed by atoms with Crippen molar-refractivity contribution in [2.24, 2.45) is 0 Å². The highest BCUT2D eigenvalue weighted by Gasteiger charge is 2.35. The maximum atomic E-state index is 13.3. The van der Waals surface area contributed by atoms with Gasteiger partial charge in [-0.3, -0.25) is 9.59 Å². The van der Waals surface area contributed by atoms with E-state index in [-0.39, 0.29) is 11.8 Å². The maximum Gasteiger partial charge on any atom is 0.257 e. The number of nitrogens with zero attached hydrogens (tertiary/aromatic N) is 4. The second kappa shape index (κ2) is 8.51. The van der Waals surface area contributed by atoms with Crippen molar-refractivity contribution < 1.29 is 9.59 Å². The van der Waals surface area contributed by atoms with Crippen molar-refractivity contribution in [1.82, 2.24) is 19.6 Å². The number of piperazine rings is 1. The lowest BCUT2D eigenvalue weighted by Crippen LogP contribution is -2.50. The van der Waals surface area contributed by atoms with Crippen LogP contribution in [0.2, 0.25) is 0 Å². The monoisotopic (exact) mass is 432 g/mol. The van der Waals surface area contributed by atoms with Crippen LogP contribution in [0.1, 0.15) is 39.7 Å². The Morgan fingerprint density at radius 1 is 0.968 bits per heavy atom. The van der Waals surface area contributed by atoms with E-state index >= 15 is 0 Å². The zero-order valence-corrected chi connectivity index (χ0v) is 18.0. The number of rotatable bonds is 5. The Balaban J connectivity index is 1.27. The van der Waals surface area contributed by atoms with Crippen molar-refractivity contribution in [1.29, 1.82) is 0 Å². The van der Waals surface area contributed by atoms with Gasteiger partial charge in [-0.2, -0.15) is 5.10 Å². The largest absolute Gasteiger partial charge is 0.336 e. The van der Waals surface area contributed by atoms with Gasteiger partial charge in [0.25, 0.3) is 5.91 Å². The number of carbonyl (C=O) groups is 2. The van der Waals surface area contributed by atoms with E-state index in [1.165, 1.54) is 0 Å². The molecule has 0 radical (unpaired) electrons. The van der Waals surface area contributed by atoms with Gasteiger partial charge in [-0.05, 0) is 42.5 Å². The Bertz CT molecular complexity index is 1090.